The lowest BCUT2D eigenvalue weighted by molar-refractivity contribution is 0.184. The zero-order valence-electron chi connectivity index (χ0n) is 21.6. The fourth-order valence-corrected chi connectivity index (χ4v) is 7.99. The second kappa shape index (κ2) is 12.7. The molecule has 3 unspecified atom stereocenters. The Labute approximate surface area is 221 Å². The predicted octanol–water partition coefficient (Wildman–Crippen LogP) is 7.30. The molecule has 37 heavy (non-hydrogen) atoms. The number of aryl methyl sites for hydroxylation is 1. The van der Waals surface area contributed by atoms with Gasteiger partial charge in [-0.1, -0.05) is 118 Å². The van der Waals surface area contributed by atoms with E-state index in [4.69, 9.17) is 8.85 Å². The molecule has 0 aromatic heterocycles. The molecule has 4 nitrogen and oxygen atoms in total. The fourth-order valence-electron chi connectivity index (χ4n) is 4.76. The van der Waals surface area contributed by atoms with E-state index in [2.05, 4.69) is 13.8 Å². The van der Waals surface area contributed by atoms with Crippen LogP contribution in [0.15, 0.2) is 109 Å². The maximum absolute atomic E-state index is 11.9. The van der Waals surface area contributed by atoms with Crippen LogP contribution in [0, 0.1) is 0 Å². The molecule has 3 atom stereocenters. The molecule has 0 saturated carbocycles. The lowest BCUT2D eigenvalue weighted by Crippen LogP contribution is -2.54. The Morgan fingerprint density at radius 3 is 1.84 bits per heavy atom. The first kappa shape index (κ1) is 26.7. The Hall–Kier alpha value is -3.38. The molecule has 0 aliphatic carbocycles. The molecule has 0 aliphatic heterocycles. The van der Waals surface area contributed by atoms with Crippen molar-refractivity contribution < 1.29 is 19.1 Å². The Bertz CT molecular complexity index is 1230. The van der Waals surface area contributed by atoms with Crippen LogP contribution in [0.4, 0.5) is 0 Å². The molecule has 0 saturated heterocycles. The third kappa shape index (κ3) is 6.31. The van der Waals surface area contributed by atoms with E-state index in [9.17, 15) is 10.2 Å². The van der Waals surface area contributed by atoms with Crippen molar-refractivity contribution >= 4 is 8.56 Å². The summed E-state index contributed by atoms with van der Waals surface area (Å²) in [6.07, 6.45) is 1.65. The molecular weight excluding hydrogens is 476 g/mol. The monoisotopic (exact) mass is 512 g/mol. The number of hydrogen-bond donors (Lipinski definition) is 2. The summed E-state index contributed by atoms with van der Waals surface area (Å²) < 4.78 is 13.6. The van der Waals surface area contributed by atoms with Gasteiger partial charge in [0.25, 0.3) is 0 Å². The van der Waals surface area contributed by atoms with Gasteiger partial charge in [-0.25, -0.2) is 0 Å². The van der Waals surface area contributed by atoms with Gasteiger partial charge in [0.15, 0.2) is 0 Å². The molecule has 0 aliphatic rings. The topological polar surface area (TPSA) is 58.9 Å². The average Bonchev–Trinajstić information content (AvgIpc) is 2.94. The van der Waals surface area contributed by atoms with Gasteiger partial charge in [-0.3, -0.25) is 0 Å². The Morgan fingerprint density at radius 2 is 1.24 bits per heavy atom. The minimum Gasteiger partial charge on any atom is -0.510 e. The quantitative estimate of drug-likeness (QED) is 0.196. The fraction of sp³-hybridized carbons (Fsp3) is 0.250. The normalized spacial score (nSPS) is 14.4. The maximum atomic E-state index is 11.9. The highest BCUT2D eigenvalue weighted by atomic mass is 28.4. The second-order valence-electron chi connectivity index (χ2n) is 9.28. The van der Waals surface area contributed by atoms with E-state index in [1.807, 2.05) is 109 Å². The summed E-state index contributed by atoms with van der Waals surface area (Å²) in [5.41, 5.74) is 2.38. The first-order valence-corrected chi connectivity index (χ1v) is 15.2. The summed E-state index contributed by atoms with van der Waals surface area (Å²) in [6.45, 7) is 4.20. The first-order chi connectivity index (χ1) is 18.1. The van der Waals surface area contributed by atoms with Gasteiger partial charge in [-0.05, 0) is 41.3 Å². The molecule has 0 fully saturated rings. The summed E-state index contributed by atoms with van der Waals surface area (Å²) in [6, 6.07) is 35.3. The van der Waals surface area contributed by atoms with Gasteiger partial charge in [-0.2, -0.15) is 0 Å². The van der Waals surface area contributed by atoms with Crippen LogP contribution in [0.1, 0.15) is 60.8 Å². The van der Waals surface area contributed by atoms with Crippen LogP contribution in [0.5, 0.6) is 11.5 Å². The minimum absolute atomic E-state index is 0.563. The van der Waals surface area contributed by atoms with E-state index in [1.165, 1.54) is 0 Å². The van der Waals surface area contributed by atoms with Gasteiger partial charge >= 0.3 is 8.56 Å². The Balaban J connectivity index is 1.85. The number of rotatable bonds is 12. The van der Waals surface area contributed by atoms with Crippen LogP contribution < -0.4 is 8.85 Å². The molecule has 0 amide bonds. The number of para-hydroxylation sites is 1. The third-order valence-electron chi connectivity index (χ3n) is 6.51. The zero-order valence-corrected chi connectivity index (χ0v) is 22.6. The van der Waals surface area contributed by atoms with E-state index < -0.39 is 20.4 Å². The van der Waals surface area contributed by atoms with Gasteiger partial charge in [0, 0.05) is 11.6 Å². The van der Waals surface area contributed by atoms with Gasteiger partial charge in [0.2, 0.25) is 0 Å². The molecule has 0 heterocycles. The molecule has 4 aromatic carbocycles. The number of hydrogen-bond acceptors (Lipinski definition) is 4. The van der Waals surface area contributed by atoms with Crippen molar-refractivity contribution in [3.63, 3.8) is 0 Å². The maximum Gasteiger partial charge on any atom is 0.495 e. The average molecular weight is 513 g/mol. The van der Waals surface area contributed by atoms with Crippen LogP contribution in [0.25, 0.3) is 0 Å². The highest BCUT2D eigenvalue weighted by molar-refractivity contribution is 6.70. The molecule has 4 rings (SSSR count). The molecule has 4 aromatic rings. The molecule has 0 bridgehead atoms. The minimum atomic E-state index is -3.40. The molecule has 2 N–H and O–H groups in total. The van der Waals surface area contributed by atoms with Crippen molar-refractivity contribution in [2.75, 3.05) is 0 Å². The molecule has 192 valence electrons. The zero-order chi connectivity index (χ0) is 26.1. The largest absolute Gasteiger partial charge is 0.510 e. The highest BCUT2D eigenvalue weighted by Gasteiger charge is 2.51. The lowest BCUT2D eigenvalue weighted by Gasteiger charge is -2.36. The molecular formula is C32H36O4Si. The second-order valence-corrected chi connectivity index (χ2v) is 12.4. The molecule has 5 heteroatoms. The third-order valence-corrected chi connectivity index (χ3v) is 10.0. The highest BCUT2D eigenvalue weighted by Crippen LogP contribution is 2.39. The predicted molar refractivity (Wildman–Crippen MR) is 151 cm³/mol. The van der Waals surface area contributed by atoms with Crippen LogP contribution in [-0.4, -0.2) is 18.8 Å². The van der Waals surface area contributed by atoms with E-state index in [-0.39, 0.29) is 0 Å². The summed E-state index contributed by atoms with van der Waals surface area (Å²) in [4.78, 5) is 0. The van der Waals surface area contributed by atoms with Gasteiger partial charge in [0.05, 0.1) is 0 Å². The summed E-state index contributed by atoms with van der Waals surface area (Å²) in [7, 11) is -3.40. The van der Waals surface area contributed by atoms with Crippen LogP contribution in [0.2, 0.25) is 6.04 Å². The van der Waals surface area contributed by atoms with E-state index in [0.29, 0.717) is 17.5 Å². The van der Waals surface area contributed by atoms with Gasteiger partial charge in [0.1, 0.15) is 23.3 Å². The SMILES string of the molecule is CCCc1cccc(O[Si](CCC)(Oc2ccccc2)C(O)c2ccccc2)c1C(O)c1ccccc1. The smallest absolute Gasteiger partial charge is 0.495 e. The van der Waals surface area contributed by atoms with Crippen LogP contribution in [0.3, 0.4) is 0 Å². The van der Waals surface area contributed by atoms with Crippen molar-refractivity contribution in [3.8, 4) is 11.5 Å². The van der Waals surface area contributed by atoms with Crippen molar-refractivity contribution in [1.82, 2.24) is 0 Å². The van der Waals surface area contributed by atoms with Gasteiger partial charge < -0.3 is 19.1 Å². The summed E-state index contributed by atoms with van der Waals surface area (Å²) in [5, 5.41) is 23.4. The van der Waals surface area contributed by atoms with E-state index >= 15 is 0 Å². The standard InChI is InChI=1S/C32H36O4Si/c1-3-15-25-20-14-23-29(30(25)31(33)26-16-8-5-9-17-26)36-37(24-4-2,35-28-21-12-7-13-22-28)32(34)27-18-10-6-11-19-27/h5-14,16-23,31-34H,3-4,15,24H2,1-2H3. The number of benzene rings is 4. The van der Waals surface area contributed by atoms with Crippen LogP contribution >= 0.6 is 0 Å². The van der Waals surface area contributed by atoms with E-state index in [0.717, 1.165) is 41.5 Å². The van der Waals surface area contributed by atoms with Crippen molar-refractivity contribution in [3.05, 3.63) is 131 Å². The van der Waals surface area contributed by atoms with Crippen molar-refractivity contribution in [2.24, 2.45) is 0 Å². The van der Waals surface area contributed by atoms with E-state index in [1.54, 1.807) is 0 Å². The Morgan fingerprint density at radius 1 is 0.649 bits per heavy atom. The van der Waals surface area contributed by atoms with Crippen molar-refractivity contribution in [1.29, 1.82) is 0 Å². The van der Waals surface area contributed by atoms with Crippen LogP contribution in [-0.2, 0) is 6.42 Å². The first-order valence-electron chi connectivity index (χ1n) is 13.1. The summed E-state index contributed by atoms with van der Waals surface area (Å²) >= 11 is 0. The summed E-state index contributed by atoms with van der Waals surface area (Å²) in [5.74, 6) is 1.22. The number of aliphatic hydroxyl groups is 2. The molecule has 0 spiro atoms. The number of aliphatic hydroxyl groups excluding tert-OH is 2. The lowest BCUT2D eigenvalue weighted by atomic mass is 9.94. The van der Waals surface area contributed by atoms with Gasteiger partial charge in [-0.15, -0.1) is 0 Å². The molecule has 0 radical (unpaired) electrons. The van der Waals surface area contributed by atoms with Crippen molar-refractivity contribution in [2.45, 2.75) is 51.0 Å². The Kier molecular flexibility index (Phi) is 9.17.